The topological polar surface area (TPSA) is 185 Å². The summed E-state index contributed by atoms with van der Waals surface area (Å²) in [5.41, 5.74) is -1.40. The maximum atomic E-state index is 14.2. The first-order valence-electron chi connectivity index (χ1n) is 13.8. The number of nitro benzene ring substituents is 2. The molecule has 2 aromatic carbocycles. The molecule has 4 amide bonds. The number of allylic oxidation sites excluding steroid dienone is 2. The van der Waals surface area contributed by atoms with Crippen molar-refractivity contribution >= 4 is 69.6 Å². The summed E-state index contributed by atoms with van der Waals surface area (Å²) in [5, 5.41) is 34.8. The number of halogens is 2. The van der Waals surface area contributed by atoms with E-state index >= 15 is 0 Å². The monoisotopic (exact) mass is 657 g/mol. The van der Waals surface area contributed by atoms with Gasteiger partial charge in [-0.15, -0.1) is 23.2 Å². The van der Waals surface area contributed by atoms with Crippen molar-refractivity contribution < 1.29 is 34.1 Å². The molecule has 2 aromatic rings. The zero-order chi connectivity index (χ0) is 32.9. The molecule has 16 heteroatoms. The van der Waals surface area contributed by atoms with Crippen LogP contribution < -0.4 is 9.80 Å². The third kappa shape index (κ3) is 3.88. The van der Waals surface area contributed by atoms with Crippen molar-refractivity contribution in [3.8, 4) is 5.75 Å². The number of benzene rings is 2. The molecule has 6 atom stereocenters. The molecule has 2 heterocycles. The van der Waals surface area contributed by atoms with Gasteiger partial charge in [-0.25, -0.2) is 4.90 Å². The van der Waals surface area contributed by atoms with Crippen molar-refractivity contribution in [3.63, 3.8) is 0 Å². The van der Waals surface area contributed by atoms with Gasteiger partial charge < -0.3 is 10.0 Å². The predicted molar refractivity (Wildman–Crippen MR) is 160 cm³/mol. The average Bonchev–Trinajstić information content (AvgIpc) is 3.31. The van der Waals surface area contributed by atoms with Crippen LogP contribution in [0.25, 0.3) is 0 Å². The zero-order valence-corrected chi connectivity index (χ0v) is 25.5. The number of nitro groups is 2. The van der Waals surface area contributed by atoms with Crippen LogP contribution in [-0.4, -0.2) is 74.4 Å². The van der Waals surface area contributed by atoms with Crippen LogP contribution in [0.2, 0.25) is 0 Å². The number of carbonyl (C=O) groups is 4. The SMILES string of the molecule is CN1C(=O)[C@]2(Cl)C[C@@H]3C(=CC[C@@H]4C(=O)N(c5cc([N+](=O)[O-])c(N(C)C)c([N+](=O)[O-])c5)C(=O)[C@@H]43)[C@H](c3ccccc3O)[C@]2(Cl)C1=O. The van der Waals surface area contributed by atoms with Gasteiger partial charge in [0.25, 0.3) is 11.8 Å². The van der Waals surface area contributed by atoms with Gasteiger partial charge in [-0.05, 0) is 24.8 Å². The largest absolute Gasteiger partial charge is 0.508 e. The van der Waals surface area contributed by atoms with Crippen molar-refractivity contribution in [2.75, 3.05) is 30.9 Å². The summed E-state index contributed by atoms with van der Waals surface area (Å²) >= 11 is 14.2. The Morgan fingerprint density at radius 1 is 0.956 bits per heavy atom. The van der Waals surface area contributed by atoms with Crippen molar-refractivity contribution in [1.82, 2.24) is 4.90 Å². The van der Waals surface area contributed by atoms with Gasteiger partial charge in [0.1, 0.15) is 5.75 Å². The predicted octanol–water partition coefficient (Wildman–Crippen LogP) is 3.47. The fourth-order valence-electron chi connectivity index (χ4n) is 7.53. The van der Waals surface area contributed by atoms with Gasteiger partial charge in [-0.1, -0.05) is 29.8 Å². The number of para-hydroxylation sites is 1. The van der Waals surface area contributed by atoms with Crippen molar-refractivity contribution in [2.45, 2.75) is 28.5 Å². The van der Waals surface area contributed by atoms with E-state index in [1.165, 1.54) is 38.2 Å². The lowest BCUT2D eigenvalue weighted by molar-refractivity contribution is -0.392. The molecule has 45 heavy (non-hydrogen) atoms. The Hall–Kier alpha value is -4.56. The van der Waals surface area contributed by atoms with Crippen LogP contribution in [0.1, 0.15) is 24.3 Å². The summed E-state index contributed by atoms with van der Waals surface area (Å²) in [7, 11) is 4.01. The lowest BCUT2D eigenvalue weighted by Gasteiger charge is -2.50. The number of phenols is 1. The molecule has 2 aliphatic heterocycles. The second-order valence-corrected chi connectivity index (χ2v) is 13.1. The molecule has 0 unspecified atom stereocenters. The number of aromatic hydroxyl groups is 1. The highest BCUT2D eigenvalue weighted by molar-refractivity contribution is 6.53. The summed E-state index contributed by atoms with van der Waals surface area (Å²) in [4.78, 5) is 76.1. The highest BCUT2D eigenvalue weighted by atomic mass is 35.5. The smallest absolute Gasteiger partial charge is 0.301 e. The number of hydrogen-bond acceptors (Lipinski definition) is 10. The first-order chi connectivity index (χ1) is 21.1. The molecule has 1 N–H and O–H groups in total. The first kappa shape index (κ1) is 30.5. The average molecular weight is 658 g/mol. The number of imide groups is 2. The zero-order valence-electron chi connectivity index (χ0n) is 24.0. The van der Waals surface area contributed by atoms with E-state index in [0.29, 0.717) is 10.5 Å². The molecule has 3 fully saturated rings. The van der Waals surface area contributed by atoms with Gasteiger partial charge in [0.15, 0.2) is 15.4 Å². The Morgan fingerprint density at radius 3 is 2.11 bits per heavy atom. The van der Waals surface area contributed by atoms with Crippen molar-refractivity contribution in [3.05, 3.63) is 73.8 Å². The van der Waals surface area contributed by atoms with Crippen LogP contribution in [0.5, 0.6) is 5.75 Å². The van der Waals surface area contributed by atoms with E-state index in [9.17, 15) is 44.5 Å². The maximum absolute atomic E-state index is 14.2. The van der Waals surface area contributed by atoms with Crippen LogP contribution in [0.15, 0.2) is 48.0 Å². The second kappa shape index (κ2) is 9.97. The Bertz CT molecular complexity index is 1760. The molecule has 0 aromatic heterocycles. The van der Waals surface area contributed by atoms with Crippen molar-refractivity contribution in [1.29, 1.82) is 0 Å². The van der Waals surface area contributed by atoms with E-state index in [4.69, 9.17) is 23.2 Å². The number of fused-ring (bicyclic) bond motifs is 4. The second-order valence-electron chi connectivity index (χ2n) is 11.8. The fourth-order valence-corrected chi connectivity index (χ4v) is 8.54. The highest BCUT2D eigenvalue weighted by Crippen LogP contribution is 2.66. The number of likely N-dealkylation sites (tertiary alicyclic amines) is 1. The number of carbonyl (C=O) groups excluding carboxylic acids is 4. The van der Waals surface area contributed by atoms with Gasteiger partial charge in [0.2, 0.25) is 11.8 Å². The van der Waals surface area contributed by atoms with Crippen LogP contribution in [0.3, 0.4) is 0 Å². The number of anilines is 2. The van der Waals surface area contributed by atoms with Crippen LogP contribution in [-0.2, 0) is 19.2 Å². The summed E-state index contributed by atoms with van der Waals surface area (Å²) in [6, 6.07) is 7.97. The summed E-state index contributed by atoms with van der Waals surface area (Å²) in [6.07, 6.45) is 1.34. The van der Waals surface area contributed by atoms with Crippen molar-refractivity contribution in [2.24, 2.45) is 17.8 Å². The molecular weight excluding hydrogens is 633 g/mol. The first-order valence-corrected chi connectivity index (χ1v) is 14.5. The number of phenolic OH excluding ortho intramolecular Hbond substituents is 1. The third-order valence-corrected chi connectivity index (χ3v) is 10.8. The van der Waals surface area contributed by atoms with E-state index in [0.717, 1.165) is 17.0 Å². The molecule has 0 radical (unpaired) electrons. The van der Waals surface area contributed by atoms with E-state index in [2.05, 4.69) is 0 Å². The van der Waals surface area contributed by atoms with E-state index < -0.39 is 78.3 Å². The van der Waals surface area contributed by atoms with E-state index in [1.54, 1.807) is 18.2 Å². The van der Waals surface area contributed by atoms with Gasteiger partial charge in [0.05, 0.1) is 27.4 Å². The molecule has 2 saturated heterocycles. The molecule has 2 aliphatic carbocycles. The van der Waals surface area contributed by atoms with Gasteiger partial charge in [-0.2, -0.15) is 0 Å². The fraction of sp³-hybridized carbons (Fsp3) is 0.379. The number of nitrogens with zero attached hydrogens (tertiary/aromatic N) is 5. The number of alkyl halides is 2. The minimum absolute atomic E-state index is 0.0120. The van der Waals surface area contributed by atoms with Gasteiger partial charge in [0, 0.05) is 44.8 Å². The Labute approximate surface area is 265 Å². The van der Waals surface area contributed by atoms with E-state index in [-0.39, 0.29) is 35.5 Å². The summed E-state index contributed by atoms with van der Waals surface area (Å²) in [6.45, 7) is 0. The van der Waals surface area contributed by atoms with Gasteiger partial charge >= 0.3 is 11.4 Å². The Morgan fingerprint density at radius 2 is 1.56 bits per heavy atom. The molecule has 234 valence electrons. The van der Waals surface area contributed by atoms with E-state index in [1.807, 2.05) is 0 Å². The minimum atomic E-state index is -2.08. The molecule has 0 bridgehead atoms. The normalized spacial score (nSPS) is 30.6. The third-order valence-electron chi connectivity index (χ3n) is 9.42. The van der Waals surface area contributed by atoms with Crippen LogP contribution >= 0.6 is 23.2 Å². The molecule has 0 spiro atoms. The van der Waals surface area contributed by atoms with Crippen LogP contribution in [0.4, 0.5) is 22.7 Å². The number of amides is 4. The number of rotatable bonds is 5. The maximum Gasteiger partial charge on any atom is 0.301 e. The molecular formula is C29H25Cl2N5O9. The molecule has 1 saturated carbocycles. The van der Waals surface area contributed by atoms with Gasteiger partial charge in [-0.3, -0.25) is 44.3 Å². The summed E-state index contributed by atoms with van der Waals surface area (Å²) in [5.74, 6) is -7.59. The Balaban J connectivity index is 1.51. The lowest BCUT2D eigenvalue weighted by Crippen LogP contribution is -2.60. The number of hydrogen-bond donors (Lipinski definition) is 1. The molecule has 14 nitrogen and oxygen atoms in total. The standard InChI is InChI=1S/C29H25Cl2N5O9/c1-32(2)23-18(35(42)43)10-13(11-19(23)36(44)45)34-24(38)16-9-8-14-17(21(16)25(34)39)12-28(30)26(40)33(3)27(41)29(28,31)22(14)15-6-4-5-7-20(15)37/h4-8,10-11,16-17,21-22,37H,9,12H2,1-3H3/t16-,17+,21-,22+,28+,29-/m0/s1. The quantitative estimate of drug-likeness (QED) is 0.164. The van der Waals surface area contributed by atoms with Crippen LogP contribution in [0, 0.1) is 38.0 Å². The molecule has 6 rings (SSSR count). The summed E-state index contributed by atoms with van der Waals surface area (Å²) < 4.78 is 0. The highest BCUT2D eigenvalue weighted by Gasteiger charge is 2.76. The lowest BCUT2D eigenvalue weighted by atomic mass is 9.56. The minimum Gasteiger partial charge on any atom is -0.508 e. The Kier molecular flexibility index (Phi) is 6.75. The molecule has 4 aliphatic rings.